The molecule has 0 aliphatic heterocycles. The van der Waals surface area contributed by atoms with Gasteiger partial charge in [-0.3, -0.25) is 30.0 Å². The van der Waals surface area contributed by atoms with Gasteiger partial charge in [-0.2, -0.15) is 0 Å². The number of primary amides is 1. The highest BCUT2D eigenvalue weighted by atomic mass is 16.6. The molecule has 0 bridgehead atoms. The number of alkyl carbamates (subject to hydrolysis) is 2. The number of aliphatic imine (C=N–C) groups is 1. The van der Waals surface area contributed by atoms with Gasteiger partial charge >= 0.3 is 12.2 Å². The van der Waals surface area contributed by atoms with Crippen molar-refractivity contribution in [1.29, 1.82) is 0 Å². The summed E-state index contributed by atoms with van der Waals surface area (Å²) < 4.78 is 15.9. The van der Waals surface area contributed by atoms with Crippen LogP contribution in [0.4, 0.5) is 9.59 Å². The molecule has 0 aromatic heterocycles. The lowest BCUT2D eigenvalue weighted by Gasteiger charge is -2.22. The largest absolute Gasteiger partial charge is 0.490 e. The summed E-state index contributed by atoms with van der Waals surface area (Å²) in [6.07, 6.45) is 1.15. The van der Waals surface area contributed by atoms with Crippen LogP contribution in [0.25, 0.3) is 0 Å². The normalized spacial score (nSPS) is 12.4. The van der Waals surface area contributed by atoms with Crippen LogP contribution in [0.15, 0.2) is 41.9 Å². The minimum atomic E-state index is -1.01. The Hall–Kier alpha value is -4.62. The highest BCUT2D eigenvalue weighted by Gasteiger charge is 2.25. The average molecular weight is 633 g/mol. The molecule has 1 aromatic carbocycles. The molecule has 0 spiro atoms. The number of amides is 5. The molecular formula is C31H48N6O8. The van der Waals surface area contributed by atoms with Gasteiger partial charge in [0.25, 0.3) is 0 Å². The summed E-state index contributed by atoms with van der Waals surface area (Å²) in [7, 11) is 0. The van der Waals surface area contributed by atoms with E-state index in [9.17, 15) is 24.0 Å². The van der Waals surface area contributed by atoms with Crippen molar-refractivity contribution in [3.8, 4) is 5.75 Å². The maximum Gasteiger partial charge on any atom is 0.414 e. The van der Waals surface area contributed by atoms with Gasteiger partial charge in [-0.15, -0.1) is 0 Å². The fourth-order valence-corrected chi connectivity index (χ4v) is 3.69. The van der Waals surface area contributed by atoms with E-state index in [0.29, 0.717) is 25.2 Å². The van der Waals surface area contributed by atoms with Gasteiger partial charge in [0.15, 0.2) is 0 Å². The highest BCUT2D eigenvalue weighted by molar-refractivity contribution is 6.01. The van der Waals surface area contributed by atoms with E-state index in [2.05, 4.69) is 32.8 Å². The number of carbonyl (C=O) groups is 5. The van der Waals surface area contributed by atoms with Crippen LogP contribution in [0.1, 0.15) is 73.3 Å². The number of nitrogens with zero attached hydrogens (tertiary/aromatic N) is 1. The molecule has 0 heterocycles. The van der Waals surface area contributed by atoms with Crippen LogP contribution in [0.3, 0.4) is 0 Å². The van der Waals surface area contributed by atoms with Crippen molar-refractivity contribution in [1.82, 2.24) is 21.3 Å². The molecule has 6 N–H and O–H groups in total. The molecular weight excluding hydrogens is 584 g/mol. The molecule has 0 unspecified atom stereocenters. The summed E-state index contributed by atoms with van der Waals surface area (Å²) in [6, 6.07) is 5.08. The van der Waals surface area contributed by atoms with E-state index < -0.39 is 53.2 Å². The first-order valence-electron chi connectivity index (χ1n) is 14.6. The zero-order chi connectivity index (χ0) is 34.2. The van der Waals surface area contributed by atoms with Gasteiger partial charge in [-0.25, -0.2) is 9.59 Å². The second-order valence-electron chi connectivity index (χ2n) is 12.1. The van der Waals surface area contributed by atoms with Crippen molar-refractivity contribution in [2.24, 2.45) is 10.7 Å². The van der Waals surface area contributed by atoms with E-state index >= 15 is 0 Å². The van der Waals surface area contributed by atoms with Crippen LogP contribution >= 0.6 is 0 Å². The molecule has 0 saturated carbocycles. The number of benzene rings is 1. The maximum atomic E-state index is 13.1. The summed E-state index contributed by atoms with van der Waals surface area (Å²) >= 11 is 0. The Labute approximate surface area is 264 Å². The fourth-order valence-electron chi connectivity index (χ4n) is 3.69. The van der Waals surface area contributed by atoms with Crippen LogP contribution in [0.2, 0.25) is 0 Å². The number of nitrogens with two attached hydrogens (primary N) is 1. The van der Waals surface area contributed by atoms with Crippen LogP contribution < -0.4 is 31.7 Å². The number of ether oxygens (including phenoxy) is 3. The van der Waals surface area contributed by atoms with Gasteiger partial charge in [0.1, 0.15) is 35.6 Å². The Morgan fingerprint density at radius 3 is 1.91 bits per heavy atom. The zero-order valence-corrected chi connectivity index (χ0v) is 27.3. The Morgan fingerprint density at radius 1 is 0.889 bits per heavy atom. The van der Waals surface area contributed by atoms with Crippen molar-refractivity contribution in [3.63, 3.8) is 0 Å². The number of rotatable bonds is 14. The van der Waals surface area contributed by atoms with Crippen molar-refractivity contribution < 1.29 is 38.2 Å². The molecule has 14 nitrogen and oxygen atoms in total. The lowest BCUT2D eigenvalue weighted by molar-refractivity contribution is -0.130. The maximum absolute atomic E-state index is 13.1. The molecule has 5 amide bonds. The van der Waals surface area contributed by atoms with E-state index in [1.54, 1.807) is 71.9 Å². The van der Waals surface area contributed by atoms with Crippen LogP contribution in [0.5, 0.6) is 5.75 Å². The Kier molecular flexibility index (Phi) is 15.6. The Morgan fingerprint density at radius 2 is 1.44 bits per heavy atom. The molecule has 1 rings (SSSR count). The van der Waals surface area contributed by atoms with E-state index in [4.69, 9.17) is 19.9 Å². The number of nitrogens with one attached hydrogen (secondary N) is 4. The van der Waals surface area contributed by atoms with E-state index in [-0.39, 0.29) is 25.3 Å². The topological polar surface area (TPSA) is 200 Å². The minimum absolute atomic E-state index is 0.140. The minimum Gasteiger partial charge on any atom is -0.490 e. The lowest BCUT2D eigenvalue weighted by Crippen LogP contribution is -2.53. The molecule has 1 aromatic rings. The van der Waals surface area contributed by atoms with Gasteiger partial charge in [0.2, 0.25) is 23.7 Å². The van der Waals surface area contributed by atoms with Gasteiger partial charge in [0.05, 0.1) is 0 Å². The number of guanidine groups is 1. The Bertz CT molecular complexity index is 1170. The first-order valence-corrected chi connectivity index (χ1v) is 14.6. The third-order valence-electron chi connectivity index (χ3n) is 5.49. The Balaban J connectivity index is 2.83. The monoisotopic (exact) mass is 632 g/mol. The van der Waals surface area contributed by atoms with Gasteiger partial charge in [-0.05, 0) is 78.5 Å². The van der Waals surface area contributed by atoms with Crippen molar-refractivity contribution in [2.45, 2.75) is 97.4 Å². The van der Waals surface area contributed by atoms with E-state index in [0.717, 1.165) is 5.56 Å². The molecule has 0 aliphatic carbocycles. The molecule has 0 fully saturated rings. The third-order valence-corrected chi connectivity index (χ3v) is 5.49. The molecule has 0 radical (unpaired) electrons. The molecule has 250 valence electrons. The van der Waals surface area contributed by atoms with Crippen LogP contribution in [-0.4, -0.2) is 72.3 Å². The van der Waals surface area contributed by atoms with Crippen molar-refractivity contribution in [2.75, 3.05) is 13.2 Å². The van der Waals surface area contributed by atoms with Crippen LogP contribution in [-0.2, 0) is 30.3 Å². The molecule has 45 heavy (non-hydrogen) atoms. The number of carbonyl (C=O) groups excluding carboxylic acids is 5. The van der Waals surface area contributed by atoms with Gasteiger partial charge < -0.3 is 30.6 Å². The first kappa shape index (κ1) is 38.4. The number of unbranched alkanes of at least 4 members (excludes halogenated alkanes) is 1. The summed E-state index contributed by atoms with van der Waals surface area (Å²) in [4.78, 5) is 65.8. The second kappa shape index (κ2) is 18.2. The summed E-state index contributed by atoms with van der Waals surface area (Å²) in [5.41, 5.74) is 4.76. The smallest absolute Gasteiger partial charge is 0.414 e. The fraction of sp³-hybridized carbons (Fsp3) is 0.548. The van der Waals surface area contributed by atoms with Gasteiger partial charge in [-0.1, -0.05) is 24.8 Å². The third kappa shape index (κ3) is 17.9. The summed E-state index contributed by atoms with van der Waals surface area (Å²) in [5.74, 6) is -1.26. The molecule has 14 heteroatoms. The molecule has 0 aliphatic rings. The SMILES string of the molecule is C=CCOc1ccc(C[C@H](NC(C)=O)C(=O)N[C@@H](CCCCN=C(NC(=O)OC(C)(C)C)NC(=O)OC(C)(C)C)C(N)=O)cc1. The molecule has 0 saturated heterocycles. The van der Waals surface area contributed by atoms with Crippen LogP contribution in [0, 0.1) is 0 Å². The van der Waals surface area contributed by atoms with Crippen molar-refractivity contribution >= 4 is 35.9 Å². The number of hydrogen-bond donors (Lipinski definition) is 5. The predicted octanol–water partition coefficient (Wildman–Crippen LogP) is 2.84. The molecule has 2 atom stereocenters. The highest BCUT2D eigenvalue weighted by Crippen LogP contribution is 2.14. The van der Waals surface area contributed by atoms with Crippen molar-refractivity contribution in [3.05, 3.63) is 42.5 Å². The number of hydrogen-bond acceptors (Lipinski definition) is 9. The summed E-state index contributed by atoms with van der Waals surface area (Å²) in [6.45, 7) is 15.5. The average Bonchev–Trinajstić information content (AvgIpc) is 2.88. The van der Waals surface area contributed by atoms with E-state index in [1.165, 1.54) is 6.92 Å². The summed E-state index contributed by atoms with van der Waals surface area (Å²) in [5, 5.41) is 10.0. The predicted molar refractivity (Wildman–Crippen MR) is 169 cm³/mol. The standard InChI is InChI=1S/C31H48N6O8/c1-9-18-43-22-15-13-21(14-16-22)19-24(34-20(2)38)26(40)35-23(25(32)39)12-10-11-17-33-27(36-28(41)44-30(3,4)5)37-29(42)45-31(6,7)8/h9,13-16,23-24H,1,10-12,17-19H2,2-8H3,(H2,32,39)(H,34,38)(H,35,40)(H2,33,36,37,41,42)/t23-,24-/m0/s1. The van der Waals surface area contributed by atoms with E-state index in [1.807, 2.05) is 0 Å². The quantitative estimate of drug-likeness (QED) is 0.0892. The van der Waals surface area contributed by atoms with Gasteiger partial charge in [0, 0.05) is 19.9 Å². The zero-order valence-electron chi connectivity index (χ0n) is 27.3. The second-order valence-corrected chi connectivity index (χ2v) is 12.1. The first-order chi connectivity index (χ1) is 20.9. The lowest BCUT2D eigenvalue weighted by atomic mass is 10.0.